The van der Waals surface area contributed by atoms with Gasteiger partial charge in [-0.25, -0.2) is 13.5 Å². The van der Waals surface area contributed by atoms with Crippen LogP contribution in [0.4, 0.5) is 14.5 Å². The Morgan fingerprint density at radius 2 is 1.74 bits per heavy atom. The molecule has 1 N–H and O–H groups in total. The smallest absolute Gasteiger partial charge is 0.284 e. The number of benzene rings is 3. The lowest BCUT2D eigenvalue weighted by Crippen LogP contribution is -2.25. The summed E-state index contributed by atoms with van der Waals surface area (Å²) in [6, 6.07) is 16.2. The number of hydrogen-bond donors (Lipinski definition) is 1. The summed E-state index contributed by atoms with van der Waals surface area (Å²) in [7, 11) is 3.17. The average Bonchev–Trinajstić information content (AvgIpc) is 3.13. The van der Waals surface area contributed by atoms with Crippen LogP contribution < -0.4 is 20.3 Å². The quantitative estimate of drug-likeness (QED) is 0.328. The molecule has 10 heteroatoms. The third-order valence-electron chi connectivity index (χ3n) is 6.17. The van der Waals surface area contributed by atoms with E-state index < -0.39 is 23.1 Å². The second kappa shape index (κ2) is 9.81. The Hall–Kier alpha value is -4.99. The Labute approximate surface area is 215 Å². The Balaban J connectivity index is 1.39. The van der Waals surface area contributed by atoms with E-state index in [1.54, 1.807) is 51.5 Å². The lowest BCUT2D eigenvalue weighted by Gasteiger charge is -2.11. The zero-order chi connectivity index (χ0) is 27.0. The van der Waals surface area contributed by atoms with Crippen LogP contribution in [0.2, 0.25) is 0 Å². The number of carbonyl (C=O) groups excluding carboxylic acids is 1. The molecule has 0 saturated heterocycles. The SMILES string of the molecule is COc1ccc2c(Oc3ccc(NC(=O)c4c(C)n(C)n(-c5ccc(F)cc5)c4=O)cc3F)ccnc2c1. The van der Waals surface area contributed by atoms with Crippen LogP contribution in [-0.2, 0) is 7.05 Å². The van der Waals surface area contributed by atoms with E-state index in [1.807, 2.05) is 0 Å². The Morgan fingerprint density at radius 3 is 2.45 bits per heavy atom. The topological polar surface area (TPSA) is 87.4 Å². The molecule has 192 valence electrons. The maximum Gasteiger partial charge on any atom is 0.284 e. The summed E-state index contributed by atoms with van der Waals surface area (Å²) < 4.78 is 42.1. The number of fused-ring (bicyclic) bond motifs is 1. The molecule has 0 aliphatic heterocycles. The molecule has 3 aromatic carbocycles. The largest absolute Gasteiger partial charge is 0.497 e. The summed E-state index contributed by atoms with van der Waals surface area (Å²) in [6.07, 6.45) is 1.55. The van der Waals surface area contributed by atoms with Gasteiger partial charge in [0.2, 0.25) is 0 Å². The molecule has 1 amide bonds. The van der Waals surface area contributed by atoms with Crippen LogP contribution in [0.25, 0.3) is 16.6 Å². The number of pyridine rings is 1. The molecular formula is C28H22F2N4O4. The van der Waals surface area contributed by atoms with E-state index in [-0.39, 0.29) is 17.0 Å². The van der Waals surface area contributed by atoms with Gasteiger partial charge in [-0.15, -0.1) is 0 Å². The lowest BCUT2D eigenvalue weighted by molar-refractivity contribution is 0.102. The normalized spacial score (nSPS) is 11.0. The molecule has 5 rings (SSSR count). The fourth-order valence-electron chi connectivity index (χ4n) is 4.13. The number of anilines is 1. The van der Waals surface area contributed by atoms with Gasteiger partial charge in [0.25, 0.3) is 11.5 Å². The van der Waals surface area contributed by atoms with Crippen LogP contribution in [0.1, 0.15) is 16.1 Å². The van der Waals surface area contributed by atoms with Crippen molar-refractivity contribution in [2.75, 3.05) is 12.4 Å². The van der Waals surface area contributed by atoms with Crippen molar-refractivity contribution < 1.29 is 23.0 Å². The van der Waals surface area contributed by atoms with Gasteiger partial charge in [0.05, 0.1) is 24.0 Å². The maximum absolute atomic E-state index is 15.0. The van der Waals surface area contributed by atoms with E-state index in [9.17, 15) is 18.4 Å². The number of hydrogen-bond acceptors (Lipinski definition) is 5. The number of carbonyl (C=O) groups is 1. The highest BCUT2D eigenvalue weighted by Crippen LogP contribution is 2.32. The third kappa shape index (κ3) is 4.47. The van der Waals surface area contributed by atoms with E-state index >= 15 is 0 Å². The number of methoxy groups -OCH3 is 1. The summed E-state index contributed by atoms with van der Waals surface area (Å²) in [5.41, 5.74) is 0.844. The second-order valence-corrected chi connectivity index (χ2v) is 8.47. The molecule has 8 nitrogen and oxygen atoms in total. The van der Waals surface area contributed by atoms with E-state index in [0.717, 1.165) is 6.07 Å². The van der Waals surface area contributed by atoms with Crippen LogP contribution in [0.5, 0.6) is 17.2 Å². The lowest BCUT2D eigenvalue weighted by atomic mass is 10.2. The predicted molar refractivity (Wildman–Crippen MR) is 138 cm³/mol. The minimum atomic E-state index is -0.713. The number of nitrogens with zero attached hydrogens (tertiary/aromatic N) is 3. The monoisotopic (exact) mass is 516 g/mol. The number of nitrogens with one attached hydrogen (secondary N) is 1. The molecule has 0 unspecified atom stereocenters. The van der Waals surface area contributed by atoms with Crippen molar-refractivity contribution in [2.24, 2.45) is 7.05 Å². The van der Waals surface area contributed by atoms with Crippen molar-refractivity contribution in [3.05, 3.63) is 106 Å². The molecule has 0 aliphatic carbocycles. The number of rotatable bonds is 6. The van der Waals surface area contributed by atoms with Crippen LogP contribution in [-0.4, -0.2) is 27.4 Å². The molecule has 0 fully saturated rings. The summed E-state index contributed by atoms with van der Waals surface area (Å²) >= 11 is 0. The number of ether oxygens (including phenoxy) is 2. The third-order valence-corrected chi connectivity index (χ3v) is 6.17. The molecule has 0 bridgehead atoms. The molecule has 0 atom stereocenters. The van der Waals surface area contributed by atoms with Gasteiger partial charge in [-0.3, -0.25) is 19.3 Å². The Kier molecular flexibility index (Phi) is 6.38. The molecule has 0 saturated carbocycles. The van der Waals surface area contributed by atoms with Crippen LogP contribution in [0, 0.1) is 18.6 Å². The highest BCUT2D eigenvalue weighted by molar-refractivity contribution is 6.05. The summed E-state index contributed by atoms with van der Waals surface area (Å²) in [4.78, 5) is 30.4. The average molecular weight is 517 g/mol. The highest BCUT2D eigenvalue weighted by Gasteiger charge is 2.23. The van der Waals surface area contributed by atoms with Gasteiger partial charge in [0, 0.05) is 36.5 Å². The van der Waals surface area contributed by atoms with E-state index in [2.05, 4.69) is 10.3 Å². The molecule has 0 aliphatic rings. The van der Waals surface area contributed by atoms with Crippen LogP contribution in [0.15, 0.2) is 77.7 Å². The molecule has 5 aromatic rings. The Bertz CT molecular complexity index is 1740. The molecule has 0 radical (unpaired) electrons. The highest BCUT2D eigenvalue weighted by atomic mass is 19.1. The van der Waals surface area contributed by atoms with Crippen molar-refractivity contribution in [3.8, 4) is 22.9 Å². The molecule has 2 aromatic heterocycles. The second-order valence-electron chi connectivity index (χ2n) is 8.47. The van der Waals surface area contributed by atoms with Crippen molar-refractivity contribution >= 4 is 22.5 Å². The van der Waals surface area contributed by atoms with Gasteiger partial charge < -0.3 is 14.8 Å². The fourth-order valence-corrected chi connectivity index (χ4v) is 4.13. The van der Waals surface area contributed by atoms with E-state index in [4.69, 9.17) is 9.47 Å². The van der Waals surface area contributed by atoms with Crippen molar-refractivity contribution in [1.29, 1.82) is 0 Å². The summed E-state index contributed by atoms with van der Waals surface area (Å²) in [5, 5.41) is 3.24. The maximum atomic E-state index is 15.0. The van der Waals surface area contributed by atoms with Gasteiger partial charge in [0.15, 0.2) is 11.6 Å². The first kappa shape index (κ1) is 24.7. The summed E-state index contributed by atoms with van der Waals surface area (Å²) in [6.45, 7) is 1.61. The van der Waals surface area contributed by atoms with Crippen molar-refractivity contribution in [3.63, 3.8) is 0 Å². The molecule has 38 heavy (non-hydrogen) atoms. The van der Waals surface area contributed by atoms with Crippen molar-refractivity contribution in [2.45, 2.75) is 6.92 Å². The first-order valence-corrected chi connectivity index (χ1v) is 11.5. The minimum Gasteiger partial charge on any atom is -0.497 e. The van der Waals surface area contributed by atoms with Gasteiger partial charge in [-0.1, -0.05) is 0 Å². The van der Waals surface area contributed by atoms with Crippen LogP contribution >= 0.6 is 0 Å². The predicted octanol–water partition coefficient (Wildman–Crippen LogP) is 5.36. The molecule has 0 spiro atoms. The molecule has 2 heterocycles. The minimum absolute atomic E-state index is 0.0547. The van der Waals surface area contributed by atoms with Crippen LogP contribution in [0.3, 0.4) is 0 Å². The van der Waals surface area contributed by atoms with Gasteiger partial charge in [-0.2, -0.15) is 0 Å². The summed E-state index contributed by atoms with van der Waals surface area (Å²) in [5.74, 6) is -0.889. The zero-order valence-corrected chi connectivity index (χ0v) is 20.7. The van der Waals surface area contributed by atoms with Gasteiger partial charge in [-0.05, 0) is 61.5 Å². The Morgan fingerprint density at radius 1 is 0.974 bits per heavy atom. The number of halogens is 2. The van der Waals surface area contributed by atoms with Crippen molar-refractivity contribution in [1.82, 2.24) is 14.3 Å². The van der Waals surface area contributed by atoms with Gasteiger partial charge >= 0.3 is 0 Å². The van der Waals surface area contributed by atoms with Gasteiger partial charge in [0.1, 0.15) is 22.9 Å². The first-order valence-electron chi connectivity index (χ1n) is 11.5. The van der Waals surface area contributed by atoms with E-state index in [1.165, 1.54) is 45.8 Å². The van der Waals surface area contributed by atoms with E-state index in [0.29, 0.717) is 33.8 Å². The zero-order valence-electron chi connectivity index (χ0n) is 20.7. The first-order chi connectivity index (χ1) is 18.3. The molecular weight excluding hydrogens is 494 g/mol. The standard InChI is InChI=1S/C28H22F2N4O4/c1-16-26(28(36)34(33(16)2)19-7-4-17(29)5-8-19)27(35)32-18-6-11-25(22(30)14-18)38-24-12-13-31-23-15-20(37-3)9-10-21(23)24/h4-15H,1-3H3,(H,32,35). The number of aromatic nitrogens is 3. The fraction of sp³-hybridized carbons (Fsp3) is 0.107. The number of amides is 1.